The maximum absolute atomic E-state index is 13.5. The van der Waals surface area contributed by atoms with Crippen molar-refractivity contribution in [2.75, 3.05) is 5.32 Å². The van der Waals surface area contributed by atoms with Crippen molar-refractivity contribution in [1.82, 2.24) is 9.88 Å². The summed E-state index contributed by atoms with van der Waals surface area (Å²) in [6.07, 6.45) is 0.966. The van der Waals surface area contributed by atoms with Crippen molar-refractivity contribution in [3.8, 4) is 0 Å². The number of piperidine rings is 1. The summed E-state index contributed by atoms with van der Waals surface area (Å²) in [4.78, 5) is 31.1. The number of hydrogen-bond donors (Lipinski definition) is 1. The predicted molar refractivity (Wildman–Crippen MR) is 98.3 cm³/mol. The van der Waals surface area contributed by atoms with Gasteiger partial charge in [-0.25, -0.2) is 14.2 Å². The van der Waals surface area contributed by atoms with E-state index in [9.17, 15) is 14.0 Å². The van der Waals surface area contributed by atoms with Gasteiger partial charge in [-0.2, -0.15) is 0 Å². The molecule has 26 heavy (non-hydrogen) atoms. The number of fused-ring (bicyclic) bond motifs is 1. The highest BCUT2D eigenvalue weighted by molar-refractivity contribution is 9.10. The lowest BCUT2D eigenvalue weighted by Crippen LogP contribution is -2.47. The van der Waals surface area contributed by atoms with Crippen LogP contribution in [0.25, 0.3) is 0 Å². The van der Waals surface area contributed by atoms with Gasteiger partial charge in [-0.1, -0.05) is 6.92 Å². The zero-order valence-corrected chi connectivity index (χ0v) is 17.1. The van der Waals surface area contributed by atoms with E-state index in [2.05, 4.69) is 33.2 Å². The van der Waals surface area contributed by atoms with E-state index in [0.717, 1.165) is 6.42 Å². The number of hydrogen-bond acceptors (Lipinski definition) is 4. The average molecular weight is 428 g/mol. The van der Waals surface area contributed by atoms with Crippen molar-refractivity contribution >= 4 is 33.7 Å². The topological polar surface area (TPSA) is 71.5 Å². The van der Waals surface area contributed by atoms with Gasteiger partial charge in [-0.15, -0.1) is 0 Å². The van der Waals surface area contributed by atoms with E-state index in [0.29, 0.717) is 12.0 Å². The molecule has 2 aliphatic rings. The Bertz CT molecular complexity index is 780. The quantitative estimate of drug-likeness (QED) is 0.723. The molecule has 1 aliphatic heterocycles. The Balaban J connectivity index is 1.80. The second-order valence-corrected chi connectivity index (χ2v) is 9.15. The number of carbonyl (C=O) groups excluding carboxylic acids is 2. The molecule has 0 spiro atoms. The summed E-state index contributed by atoms with van der Waals surface area (Å²) in [7, 11) is 0. The maximum atomic E-state index is 13.5. The van der Waals surface area contributed by atoms with Gasteiger partial charge in [-0.3, -0.25) is 9.69 Å². The number of carbonyl (C=O) groups is 2. The normalized spacial score (nSPS) is 27.1. The van der Waals surface area contributed by atoms with Crippen molar-refractivity contribution in [3.63, 3.8) is 0 Å². The fourth-order valence-electron chi connectivity index (χ4n) is 3.47. The highest BCUT2D eigenvalue weighted by Crippen LogP contribution is 2.59. The Morgan fingerprint density at radius 1 is 1.42 bits per heavy atom. The van der Waals surface area contributed by atoms with Gasteiger partial charge >= 0.3 is 6.09 Å². The van der Waals surface area contributed by atoms with Gasteiger partial charge in [-0.05, 0) is 73.5 Å². The summed E-state index contributed by atoms with van der Waals surface area (Å²) in [5, 5.41) is 2.73. The van der Waals surface area contributed by atoms with Crippen LogP contribution in [0.15, 0.2) is 10.7 Å². The van der Waals surface area contributed by atoms with Crippen LogP contribution in [0.3, 0.4) is 0 Å². The number of pyridine rings is 1. The Kier molecular flexibility index (Phi) is 4.53. The zero-order chi connectivity index (χ0) is 19.4. The van der Waals surface area contributed by atoms with Crippen LogP contribution >= 0.6 is 15.9 Å². The van der Waals surface area contributed by atoms with E-state index in [1.807, 2.05) is 0 Å². The number of amides is 2. The Morgan fingerprint density at radius 2 is 2.08 bits per heavy atom. The second kappa shape index (κ2) is 6.18. The zero-order valence-electron chi connectivity index (χ0n) is 15.5. The number of nitrogens with one attached hydrogen (secondary N) is 1. The highest BCUT2D eigenvalue weighted by Gasteiger charge is 2.65. The van der Waals surface area contributed by atoms with Crippen LogP contribution in [-0.4, -0.2) is 39.6 Å². The van der Waals surface area contributed by atoms with Crippen molar-refractivity contribution in [2.24, 2.45) is 5.41 Å². The van der Waals surface area contributed by atoms with Gasteiger partial charge in [0.25, 0.3) is 0 Å². The molecule has 2 heterocycles. The number of ether oxygens (including phenoxy) is 1. The molecule has 1 saturated carbocycles. The molecular formula is C18H23BrFN3O3. The Morgan fingerprint density at radius 3 is 2.69 bits per heavy atom. The number of aromatic nitrogens is 1. The van der Waals surface area contributed by atoms with Crippen LogP contribution in [0, 0.1) is 18.2 Å². The SMILES string of the molecule is Cc1cc(F)c(Br)nc1NC(=O)C1CC2(C)CC2N1C(=O)OC(C)(C)C. The van der Waals surface area contributed by atoms with Gasteiger partial charge in [0.2, 0.25) is 5.91 Å². The van der Waals surface area contributed by atoms with Crippen LogP contribution < -0.4 is 5.32 Å². The third-order valence-corrected chi connectivity index (χ3v) is 5.46. The number of likely N-dealkylation sites (tertiary alicyclic amines) is 1. The van der Waals surface area contributed by atoms with Crippen LogP contribution in [-0.2, 0) is 9.53 Å². The number of halogens is 2. The fourth-order valence-corrected chi connectivity index (χ4v) is 3.76. The molecule has 0 radical (unpaired) electrons. The van der Waals surface area contributed by atoms with Gasteiger partial charge in [0.15, 0.2) is 5.82 Å². The highest BCUT2D eigenvalue weighted by atomic mass is 79.9. The molecule has 3 unspecified atom stereocenters. The first-order chi connectivity index (χ1) is 11.9. The number of rotatable bonds is 2. The van der Waals surface area contributed by atoms with E-state index in [-0.39, 0.29) is 27.8 Å². The fraction of sp³-hybridized carbons (Fsp3) is 0.611. The third kappa shape index (κ3) is 3.56. The van der Waals surface area contributed by atoms with Crippen molar-refractivity contribution in [1.29, 1.82) is 0 Å². The van der Waals surface area contributed by atoms with E-state index < -0.39 is 23.6 Å². The summed E-state index contributed by atoms with van der Waals surface area (Å²) in [6.45, 7) is 9.12. The molecule has 6 nitrogen and oxygen atoms in total. The first-order valence-electron chi connectivity index (χ1n) is 8.56. The van der Waals surface area contributed by atoms with Gasteiger partial charge < -0.3 is 10.1 Å². The van der Waals surface area contributed by atoms with E-state index >= 15 is 0 Å². The molecular weight excluding hydrogens is 405 g/mol. The smallest absolute Gasteiger partial charge is 0.411 e. The van der Waals surface area contributed by atoms with E-state index in [1.165, 1.54) is 6.07 Å². The van der Waals surface area contributed by atoms with Crippen molar-refractivity contribution < 1.29 is 18.7 Å². The molecule has 0 bridgehead atoms. The monoisotopic (exact) mass is 427 g/mol. The first-order valence-corrected chi connectivity index (χ1v) is 9.35. The lowest BCUT2D eigenvalue weighted by atomic mass is 10.0. The summed E-state index contributed by atoms with van der Waals surface area (Å²) in [6, 6.07) is 0.687. The Labute approximate surface area is 160 Å². The first kappa shape index (κ1) is 19.1. The Hall–Kier alpha value is -1.70. The molecule has 0 aromatic carbocycles. The van der Waals surface area contributed by atoms with Gasteiger partial charge in [0, 0.05) is 6.04 Å². The minimum absolute atomic E-state index is 0.0158. The maximum Gasteiger partial charge on any atom is 0.411 e. The lowest BCUT2D eigenvalue weighted by molar-refractivity contribution is -0.121. The molecule has 1 saturated heterocycles. The van der Waals surface area contributed by atoms with E-state index in [1.54, 1.807) is 32.6 Å². The molecule has 3 rings (SSSR count). The van der Waals surface area contributed by atoms with Gasteiger partial charge in [0.1, 0.15) is 22.1 Å². The molecule has 1 aromatic rings. The average Bonchev–Trinajstić information content (AvgIpc) is 3.04. The molecule has 1 aliphatic carbocycles. The second-order valence-electron chi connectivity index (χ2n) is 8.40. The summed E-state index contributed by atoms with van der Waals surface area (Å²) in [5.74, 6) is -0.554. The molecule has 3 atom stereocenters. The van der Waals surface area contributed by atoms with Gasteiger partial charge in [0.05, 0.1) is 0 Å². The van der Waals surface area contributed by atoms with Crippen LogP contribution in [0.5, 0.6) is 0 Å². The largest absolute Gasteiger partial charge is 0.444 e. The summed E-state index contributed by atoms with van der Waals surface area (Å²) >= 11 is 3.02. The molecule has 142 valence electrons. The van der Waals surface area contributed by atoms with Crippen LogP contribution in [0.2, 0.25) is 0 Å². The molecule has 1 aromatic heterocycles. The van der Waals surface area contributed by atoms with Crippen LogP contribution in [0.4, 0.5) is 15.0 Å². The molecule has 2 amide bonds. The molecule has 2 fully saturated rings. The van der Waals surface area contributed by atoms with Crippen molar-refractivity contribution in [2.45, 2.75) is 65.1 Å². The van der Waals surface area contributed by atoms with Crippen LogP contribution in [0.1, 0.15) is 46.1 Å². The number of aryl methyl sites for hydroxylation is 1. The molecule has 1 N–H and O–H groups in total. The summed E-state index contributed by atoms with van der Waals surface area (Å²) in [5.41, 5.74) is -0.172. The minimum Gasteiger partial charge on any atom is -0.444 e. The lowest BCUT2D eigenvalue weighted by Gasteiger charge is -2.29. The third-order valence-electron chi connectivity index (χ3n) is 4.91. The predicted octanol–water partition coefficient (Wildman–Crippen LogP) is 4.02. The summed E-state index contributed by atoms with van der Waals surface area (Å²) < 4.78 is 19.1. The van der Waals surface area contributed by atoms with E-state index in [4.69, 9.17) is 4.74 Å². The number of anilines is 1. The number of nitrogens with zero attached hydrogens (tertiary/aromatic N) is 2. The minimum atomic E-state index is -0.633. The standard InChI is InChI=1S/C18H23BrFN3O3/c1-9-6-10(20)13(19)21-14(9)22-15(24)11-7-18(5)8-12(18)23(11)16(25)26-17(2,3)4/h6,11-12H,7-8H2,1-5H3,(H,21,22,24). The molecule has 8 heteroatoms. The van der Waals surface area contributed by atoms with Crippen molar-refractivity contribution in [3.05, 3.63) is 22.1 Å².